The number of dihydropyridines is 1. The van der Waals surface area contributed by atoms with E-state index in [1.54, 1.807) is 26.0 Å². The van der Waals surface area contributed by atoms with Gasteiger partial charge in [0.25, 0.3) is 5.69 Å². The van der Waals surface area contributed by atoms with Gasteiger partial charge in [-0.25, -0.2) is 9.59 Å². The highest BCUT2D eigenvalue weighted by molar-refractivity contribution is 6.00. The summed E-state index contributed by atoms with van der Waals surface area (Å²) in [4.78, 5) is 39.4. The lowest BCUT2D eigenvalue weighted by atomic mass is 9.80. The molecule has 0 saturated carbocycles. The maximum Gasteiger partial charge on any atom is 0.337 e. The molecule has 0 fully saturated rings. The molecule has 0 amide bonds. The Hall–Kier alpha value is -4.24. The second kappa shape index (κ2) is 12.6. The van der Waals surface area contributed by atoms with Gasteiger partial charge in [0.1, 0.15) is 13.2 Å². The van der Waals surface area contributed by atoms with Crippen LogP contribution in [0.5, 0.6) is 0 Å². The normalized spacial score (nSPS) is 15.6. The topological polar surface area (TPSA) is 111 Å². The predicted octanol–water partition coefficient (Wildman–Crippen LogP) is 4.19. The van der Waals surface area contributed by atoms with Crippen LogP contribution in [0.25, 0.3) is 6.08 Å². The van der Waals surface area contributed by atoms with Crippen molar-refractivity contribution in [3.05, 3.63) is 104 Å². The number of nitro groups is 1. The number of hydrogen-bond donors (Lipinski definition) is 1. The SMILES string of the molecule is CC1=C(C(=O)OC/C=C/c2ccccc2)C(c2cccc([N+](=O)[O-])c2)C(C(=O)OCCN(C)C)=C(C)N1. The zero-order valence-corrected chi connectivity index (χ0v) is 21.4. The minimum Gasteiger partial charge on any atom is -0.461 e. The highest BCUT2D eigenvalue weighted by atomic mass is 16.6. The molecule has 9 nitrogen and oxygen atoms in total. The molecule has 1 heterocycles. The van der Waals surface area contributed by atoms with Crippen LogP contribution in [0.4, 0.5) is 5.69 Å². The first-order valence-corrected chi connectivity index (χ1v) is 11.8. The summed E-state index contributed by atoms with van der Waals surface area (Å²) in [6.45, 7) is 4.10. The van der Waals surface area contributed by atoms with Gasteiger partial charge in [-0.2, -0.15) is 0 Å². The molecule has 0 saturated heterocycles. The van der Waals surface area contributed by atoms with Crippen LogP contribution in [0.3, 0.4) is 0 Å². The van der Waals surface area contributed by atoms with Gasteiger partial charge < -0.3 is 19.7 Å². The second-order valence-corrected chi connectivity index (χ2v) is 8.84. The Labute approximate surface area is 216 Å². The summed E-state index contributed by atoms with van der Waals surface area (Å²) in [5.74, 6) is -2.14. The molecule has 1 aliphatic rings. The molecule has 3 rings (SSSR count). The molecule has 9 heteroatoms. The van der Waals surface area contributed by atoms with E-state index >= 15 is 0 Å². The minimum absolute atomic E-state index is 0.0114. The number of benzene rings is 2. The number of allylic oxidation sites excluding steroid dienone is 2. The number of ether oxygens (including phenoxy) is 2. The van der Waals surface area contributed by atoms with E-state index in [1.165, 1.54) is 18.2 Å². The lowest BCUT2D eigenvalue weighted by molar-refractivity contribution is -0.384. The van der Waals surface area contributed by atoms with Gasteiger partial charge in [0.2, 0.25) is 0 Å². The first kappa shape index (κ1) is 27.3. The Balaban J connectivity index is 1.93. The van der Waals surface area contributed by atoms with Crippen LogP contribution in [0.15, 0.2) is 83.2 Å². The van der Waals surface area contributed by atoms with Crippen molar-refractivity contribution in [1.82, 2.24) is 10.2 Å². The number of likely N-dealkylation sites (N-methyl/N-ethyl adjacent to an activating group) is 1. The number of hydrogen-bond acceptors (Lipinski definition) is 8. The van der Waals surface area contributed by atoms with Crippen molar-refractivity contribution in [1.29, 1.82) is 0 Å². The van der Waals surface area contributed by atoms with Crippen LogP contribution in [0.1, 0.15) is 30.9 Å². The first-order valence-electron chi connectivity index (χ1n) is 11.8. The average molecular weight is 506 g/mol. The fourth-order valence-electron chi connectivity index (χ4n) is 4.03. The van der Waals surface area contributed by atoms with Gasteiger partial charge in [-0.3, -0.25) is 10.1 Å². The predicted molar refractivity (Wildman–Crippen MR) is 140 cm³/mol. The van der Waals surface area contributed by atoms with E-state index in [9.17, 15) is 19.7 Å². The van der Waals surface area contributed by atoms with Gasteiger partial charge in [-0.1, -0.05) is 48.5 Å². The van der Waals surface area contributed by atoms with Crippen LogP contribution in [-0.4, -0.2) is 55.6 Å². The van der Waals surface area contributed by atoms with Gasteiger partial charge in [0, 0.05) is 30.1 Å². The zero-order valence-electron chi connectivity index (χ0n) is 21.4. The van der Waals surface area contributed by atoms with Crippen molar-refractivity contribution in [2.24, 2.45) is 0 Å². The molecule has 194 valence electrons. The van der Waals surface area contributed by atoms with Crippen molar-refractivity contribution in [3.63, 3.8) is 0 Å². The lowest BCUT2D eigenvalue weighted by Crippen LogP contribution is -2.33. The molecule has 2 aromatic rings. The smallest absolute Gasteiger partial charge is 0.337 e. The molecule has 1 aliphatic heterocycles. The van der Waals surface area contributed by atoms with Crippen molar-refractivity contribution in [2.45, 2.75) is 19.8 Å². The number of nitrogens with one attached hydrogen (secondary N) is 1. The van der Waals surface area contributed by atoms with E-state index in [1.807, 2.05) is 55.4 Å². The number of non-ortho nitro benzene ring substituents is 1. The number of nitro benzene ring substituents is 1. The highest BCUT2D eigenvalue weighted by Gasteiger charge is 2.38. The number of carbonyl (C=O) groups is 2. The molecule has 0 bridgehead atoms. The number of carbonyl (C=O) groups excluding carboxylic acids is 2. The molecule has 1 unspecified atom stereocenters. The van der Waals surface area contributed by atoms with E-state index < -0.39 is 22.8 Å². The summed E-state index contributed by atoms with van der Waals surface area (Å²) in [5.41, 5.74) is 2.63. The summed E-state index contributed by atoms with van der Waals surface area (Å²) in [5, 5.41) is 14.6. The van der Waals surface area contributed by atoms with Crippen LogP contribution < -0.4 is 5.32 Å². The third-order valence-electron chi connectivity index (χ3n) is 5.81. The maximum absolute atomic E-state index is 13.3. The highest BCUT2D eigenvalue weighted by Crippen LogP contribution is 2.40. The van der Waals surface area contributed by atoms with Crippen LogP contribution in [-0.2, 0) is 19.1 Å². The van der Waals surface area contributed by atoms with Gasteiger partial charge in [0.15, 0.2) is 0 Å². The van der Waals surface area contributed by atoms with Crippen LogP contribution >= 0.6 is 0 Å². The fourth-order valence-corrected chi connectivity index (χ4v) is 4.03. The van der Waals surface area contributed by atoms with E-state index in [0.29, 0.717) is 23.5 Å². The van der Waals surface area contributed by atoms with E-state index in [2.05, 4.69) is 5.32 Å². The Kier molecular flexibility index (Phi) is 9.34. The van der Waals surface area contributed by atoms with E-state index in [4.69, 9.17) is 9.47 Å². The van der Waals surface area contributed by atoms with Gasteiger partial charge in [-0.15, -0.1) is 0 Å². The Morgan fingerprint density at radius 3 is 2.27 bits per heavy atom. The monoisotopic (exact) mass is 505 g/mol. The molecule has 0 spiro atoms. The van der Waals surface area contributed by atoms with Crippen molar-refractivity contribution in [3.8, 4) is 0 Å². The Bertz CT molecular complexity index is 1250. The summed E-state index contributed by atoms with van der Waals surface area (Å²) >= 11 is 0. The molecule has 0 radical (unpaired) electrons. The van der Waals surface area contributed by atoms with E-state index in [-0.39, 0.29) is 30.0 Å². The molecular weight excluding hydrogens is 474 g/mol. The summed E-state index contributed by atoms with van der Waals surface area (Å²) in [6.07, 6.45) is 3.56. The van der Waals surface area contributed by atoms with Crippen molar-refractivity contribution < 1.29 is 24.0 Å². The standard InChI is InChI=1S/C28H31N3O6/c1-19-24(27(32)36-16-9-12-21-10-6-5-7-11-21)26(22-13-8-14-23(18-22)31(34)35)25(20(2)29-19)28(33)37-17-15-30(3)4/h5-14,18,26,29H,15-17H2,1-4H3/b12-9+. The lowest BCUT2D eigenvalue weighted by Gasteiger charge is -2.30. The summed E-state index contributed by atoms with van der Waals surface area (Å²) < 4.78 is 11.0. The number of esters is 2. The quantitative estimate of drug-likeness (QED) is 0.291. The Morgan fingerprint density at radius 2 is 1.65 bits per heavy atom. The van der Waals surface area contributed by atoms with Gasteiger partial charge in [-0.05, 0) is 45.1 Å². The summed E-state index contributed by atoms with van der Waals surface area (Å²) in [7, 11) is 3.72. The minimum atomic E-state index is -0.904. The first-order chi connectivity index (χ1) is 17.7. The molecule has 1 N–H and O–H groups in total. The zero-order chi connectivity index (χ0) is 26.9. The van der Waals surface area contributed by atoms with E-state index in [0.717, 1.165) is 5.56 Å². The Morgan fingerprint density at radius 1 is 1.00 bits per heavy atom. The third-order valence-corrected chi connectivity index (χ3v) is 5.81. The molecule has 2 aromatic carbocycles. The maximum atomic E-state index is 13.3. The summed E-state index contributed by atoms with van der Waals surface area (Å²) in [6, 6.07) is 15.5. The molecule has 37 heavy (non-hydrogen) atoms. The van der Waals surface area contributed by atoms with Crippen LogP contribution in [0, 0.1) is 10.1 Å². The molecule has 0 aromatic heterocycles. The molecule has 1 atom stereocenters. The second-order valence-electron chi connectivity index (χ2n) is 8.84. The van der Waals surface area contributed by atoms with Crippen LogP contribution in [0.2, 0.25) is 0 Å². The molecule has 0 aliphatic carbocycles. The number of nitrogens with zero attached hydrogens (tertiary/aromatic N) is 2. The average Bonchev–Trinajstić information content (AvgIpc) is 2.86. The van der Waals surface area contributed by atoms with Gasteiger partial charge in [0.05, 0.1) is 22.0 Å². The van der Waals surface area contributed by atoms with Crippen molar-refractivity contribution in [2.75, 3.05) is 33.9 Å². The third kappa shape index (κ3) is 7.14. The fraction of sp³-hybridized carbons (Fsp3) is 0.286. The van der Waals surface area contributed by atoms with Crippen molar-refractivity contribution >= 4 is 23.7 Å². The number of rotatable bonds is 10. The molecular formula is C28H31N3O6. The largest absolute Gasteiger partial charge is 0.461 e. The van der Waals surface area contributed by atoms with Gasteiger partial charge >= 0.3 is 11.9 Å².